The molecular weight excluding hydrogens is 397 g/mol. The minimum atomic E-state index is -0.464. The SMILES string of the molecule is NC/C(=C/F)CC(c1ccc(-c2ccc3c(c2)COC(=O)N3)s1)n1cn[nH]c1=O. The number of fused-ring (bicyclic) bond motifs is 1. The Morgan fingerprint density at radius 2 is 2.24 bits per heavy atom. The number of rotatable bonds is 6. The molecule has 2 aromatic heterocycles. The van der Waals surface area contributed by atoms with E-state index < -0.39 is 12.1 Å². The zero-order valence-electron chi connectivity index (χ0n) is 15.2. The van der Waals surface area contributed by atoms with Crippen LogP contribution in [-0.2, 0) is 11.3 Å². The molecule has 1 atom stereocenters. The normalized spacial score (nSPS) is 14.8. The van der Waals surface area contributed by atoms with Crippen LogP contribution in [0.25, 0.3) is 10.4 Å². The molecule has 0 saturated heterocycles. The van der Waals surface area contributed by atoms with Gasteiger partial charge >= 0.3 is 11.8 Å². The van der Waals surface area contributed by atoms with Crippen LogP contribution >= 0.6 is 11.3 Å². The van der Waals surface area contributed by atoms with E-state index in [0.717, 1.165) is 26.6 Å². The molecule has 0 saturated carbocycles. The highest BCUT2D eigenvalue weighted by Gasteiger charge is 2.21. The van der Waals surface area contributed by atoms with Gasteiger partial charge in [-0.15, -0.1) is 11.3 Å². The van der Waals surface area contributed by atoms with Gasteiger partial charge in [0, 0.05) is 21.9 Å². The van der Waals surface area contributed by atoms with Gasteiger partial charge < -0.3 is 10.5 Å². The number of anilines is 1. The highest BCUT2D eigenvalue weighted by Crippen LogP contribution is 2.37. The number of aromatic amines is 1. The summed E-state index contributed by atoms with van der Waals surface area (Å²) in [6.07, 6.45) is 1.69. The standard InChI is InChI=1S/C19H18FN5O3S/c20-7-11(8-21)5-15(25-10-22-24-18(25)26)17-4-3-16(29-17)12-1-2-14-13(6-12)9-28-19(27)23-14/h1-4,6-7,10,15H,5,8-9,21H2,(H,23,27)(H,24,26)/b11-7+. The van der Waals surface area contributed by atoms with Crippen LogP contribution in [0.2, 0.25) is 0 Å². The second kappa shape index (κ2) is 8.02. The molecule has 3 aromatic rings. The molecule has 0 aliphatic carbocycles. The number of hydrogen-bond donors (Lipinski definition) is 3. The number of aromatic nitrogens is 3. The van der Waals surface area contributed by atoms with Gasteiger partial charge in [-0.3, -0.25) is 9.88 Å². The predicted octanol–water partition coefficient (Wildman–Crippen LogP) is 3.15. The fraction of sp³-hybridized carbons (Fsp3) is 0.211. The summed E-state index contributed by atoms with van der Waals surface area (Å²) >= 11 is 1.50. The summed E-state index contributed by atoms with van der Waals surface area (Å²) in [5.41, 5.74) is 8.21. The number of nitrogens with one attached hydrogen (secondary N) is 2. The van der Waals surface area contributed by atoms with Crippen LogP contribution in [0.1, 0.15) is 22.9 Å². The number of cyclic esters (lactones) is 1. The predicted molar refractivity (Wildman–Crippen MR) is 107 cm³/mol. The first-order valence-corrected chi connectivity index (χ1v) is 9.67. The van der Waals surface area contributed by atoms with E-state index in [4.69, 9.17) is 10.5 Å². The van der Waals surface area contributed by atoms with Crippen molar-refractivity contribution < 1.29 is 13.9 Å². The van der Waals surface area contributed by atoms with Crippen molar-refractivity contribution in [2.75, 3.05) is 11.9 Å². The minimum Gasteiger partial charge on any atom is -0.444 e. The van der Waals surface area contributed by atoms with E-state index in [1.807, 2.05) is 30.3 Å². The third-order valence-electron chi connectivity index (χ3n) is 4.73. The largest absolute Gasteiger partial charge is 0.444 e. The summed E-state index contributed by atoms with van der Waals surface area (Å²) in [5, 5.41) is 8.82. The lowest BCUT2D eigenvalue weighted by atomic mass is 10.1. The number of ether oxygens (including phenoxy) is 1. The lowest BCUT2D eigenvalue weighted by Gasteiger charge is -2.18. The fourth-order valence-corrected chi connectivity index (χ4v) is 4.30. The number of thiophene rings is 1. The number of carbonyl (C=O) groups is 1. The smallest absolute Gasteiger partial charge is 0.411 e. The summed E-state index contributed by atoms with van der Waals surface area (Å²) in [6, 6.07) is 9.13. The summed E-state index contributed by atoms with van der Waals surface area (Å²) in [5.74, 6) is 0. The van der Waals surface area contributed by atoms with Crippen LogP contribution in [0.4, 0.5) is 14.9 Å². The minimum absolute atomic E-state index is 0.0639. The van der Waals surface area contributed by atoms with E-state index in [0.29, 0.717) is 11.9 Å². The van der Waals surface area contributed by atoms with Crippen LogP contribution in [0.3, 0.4) is 0 Å². The zero-order valence-corrected chi connectivity index (χ0v) is 16.0. The van der Waals surface area contributed by atoms with Crippen molar-refractivity contribution in [2.45, 2.75) is 19.1 Å². The third kappa shape index (κ3) is 3.84. The Hall–Kier alpha value is -3.24. The number of hydrogen-bond acceptors (Lipinski definition) is 6. The highest BCUT2D eigenvalue weighted by atomic mass is 32.1. The summed E-state index contributed by atoms with van der Waals surface area (Å²) < 4.78 is 19.6. The molecule has 150 valence electrons. The molecule has 0 fully saturated rings. The van der Waals surface area contributed by atoms with Crippen molar-refractivity contribution in [1.82, 2.24) is 14.8 Å². The van der Waals surface area contributed by atoms with Crippen molar-refractivity contribution in [2.24, 2.45) is 5.73 Å². The molecule has 1 aliphatic heterocycles. The maximum Gasteiger partial charge on any atom is 0.411 e. The zero-order chi connectivity index (χ0) is 20.4. The van der Waals surface area contributed by atoms with Gasteiger partial charge in [0.1, 0.15) is 12.9 Å². The molecule has 1 amide bonds. The van der Waals surface area contributed by atoms with E-state index in [9.17, 15) is 14.0 Å². The van der Waals surface area contributed by atoms with Crippen molar-refractivity contribution in [3.05, 3.63) is 69.5 Å². The second-order valence-corrected chi connectivity index (χ2v) is 7.65. The number of carbonyl (C=O) groups excluding carboxylic acids is 1. The highest BCUT2D eigenvalue weighted by molar-refractivity contribution is 7.15. The quantitative estimate of drug-likeness (QED) is 0.572. The molecule has 3 heterocycles. The van der Waals surface area contributed by atoms with E-state index in [1.165, 1.54) is 22.2 Å². The molecule has 8 nitrogen and oxygen atoms in total. The van der Waals surface area contributed by atoms with Gasteiger partial charge in [-0.05, 0) is 41.8 Å². The molecule has 1 unspecified atom stereocenters. The number of nitrogens with two attached hydrogens (primary N) is 1. The van der Waals surface area contributed by atoms with Crippen molar-refractivity contribution in [3.63, 3.8) is 0 Å². The third-order valence-corrected chi connectivity index (χ3v) is 5.96. The summed E-state index contributed by atoms with van der Waals surface area (Å²) in [7, 11) is 0. The van der Waals surface area contributed by atoms with E-state index in [-0.39, 0.29) is 25.3 Å². The van der Waals surface area contributed by atoms with Gasteiger partial charge in [0.05, 0.1) is 18.1 Å². The van der Waals surface area contributed by atoms with Crippen LogP contribution in [-0.4, -0.2) is 27.4 Å². The Labute approximate surface area is 168 Å². The van der Waals surface area contributed by atoms with Gasteiger partial charge in [0.2, 0.25) is 0 Å². The van der Waals surface area contributed by atoms with Gasteiger partial charge in [-0.2, -0.15) is 5.10 Å². The van der Waals surface area contributed by atoms with Crippen molar-refractivity contribution in [3.8, 4) is 10.4 Å². The van der Waals surface area contributed by atoms with Crippen LogP contribution in [0, 0.1) is 0 Å². The Bertz CT molecular complexity index is 1130. The molecule has 0 radical (unpaired) electrons. The second-order valence-electron chi connectivity index (χ2n) is 6.54. The Balaban J connectivity index is 1.68. The molecule has 10 heteroatoms. The lowest BCUT2D eigenvalue weighted by Crippen LogP contribution is -2.23. The number of halogens is 1. The van der Waals surface area contributed by atoms with Crippen molar-refractivity contribution >= 4 is 23.1 Å². The van der Waals surface area contributed by atoms with Gasteiger partial charge in [-0.1, -0.05) is 6.07 Å². The first-order valence-electron chi connectivity index (χ1n) is 8.85. The fourth-order valence-electron chi connectivity index (χ4n) is 3.20. The van der Waals surface area contributed by atoms with E-state index in [1.54, 1.807) is 0 Å². The molecule has 1 aliphatic rings. The molecule has 29 heavy (non-hydrogen) atoms. The summed E-state index contributed by atoms with van der Waals surface area (Å²) in [4.78, 5) is 25.3. The molecule has 0 spiro atoms. The van der Waals surface area contributed by atoms with Crippen LogP contribution < -0.4 is 16.7 Å². The monoisotopic (exact) mass is 415 g/mol. The average Bonchev–Trinajstić information content (AvgIpc) is 3.38. The molecule has 4 rings (SSSR count). The molecular formula is C19H18FN5O3S. The number of amides is 1. The molecule has 1 aromatic carbocycles. The topological polar surface area (TPSA) is 115 Å². The number of nitrogens with zero attached hydrogens (tertiary/aromatic N) is 2. The van der Waals surface area contributed by atoms with Crippen molar-refractivity contribution in [1.29, 1.82) is 0 Å². The molecule has 0 bridgehead atoms. The average molecular weight is 415 g/mol. The first kappa shape index (κ1) is 19.1. The van der Waals surface area contributed by atoms with Crippen LogP contribution in [0.5, 0.6) is 0 Å². The molecule has 4 N–H and O–H groups in total. The van der Waals surface area contributed by atoms with Gasteiger partial charge in [0.15, 0.2) is 0 Å². The van der Waals surface area contributed by atoms with Crippen LogP contribution in [0.15, 0.2) is 53.4 Å². The summed E-state index contributed by atoms with van der Waals surface area (Å²) in [6.45, 7) is 0.274. The Kier molecular flexibility index (Phi) is 5.28. The van der Waals surface area contributed by atoms with Gasteiger partial charge in [-0.25, -0.2) is 19.1 Å². The Morgan fingerprint density at radius 1 is 1.38 bits per heavy atom. The number of H-pyrrole nitrogens is 1. The van der Waals surface area contributed by atoms with Gasteiger partial charge in [0.25, 0.3) is 0 Å². The van der Waals surface area contributed by atoms with E-state index in [2.05, 4.69) is 15.5 Å². The van der Waals surface area contributed by atoms with E-state index >= 15 is 0 Å². The lowest BCUT2D eigenvalue weighted by molar-refractivity contribution is 0.151. The maximum absolute atomic E-state index is 13.1. The number of benzene rings is 1. The first-order chi connectivity index (χ1) is 14.1. The maximum atomic E-state index is 13.1. The Morgan fingerprint density at radius 3 is 2.97 bits per heavy atom.